The molecule has 0 bridgehead atoms. The summed E-state index contributed by atoms with van der Waals surface area (Å²) in [7, 11) is 0. The monoisotopic (exact) mass is 415 g/mol. The van der Waals surface area contributed by atoms with E-state index >= 15 is 0 Å². The van der Waals surface area contributed by atoms with Gasteiger partial charge >= 0.3 is 0 Å². The second-order valence-corrected chi connectivity index (χ2v) is 8.97. The van der Waals surface area contributed by atoms with Crippen LogP contribution in [0, 0.1) is 11.7 Å². The molecule has 29 heavy (non-hydrogen) atoms. The molecule has 2 heterocycles. The van der Waals surface area contributed by atoms with E-state index in [4.69, 9.17) is 0 Å². The van der Waals surface area contributed by atoms with Crippen LogP contribution in [0.1, 0.15) is 54.6 Å². The Morgan fingerprint density at radius 2 is 1.90 bits per heavy atom. The first-order valence-electron chi connectivity index (χ1n) is 10.4. The van der Waals surface area contributed by atoms with Crippen molar-refractivity contribution in [3.63, 3.8) is 0 Å². The zero-order valence-corrected chi connectivity index (χ0v) is 17.2. The van der Waals surface area contributed by atoms with Gasteiger partial charge in [0.25, 0.3) is 5.91 Å². The second-order valence-electron chi connectivity index (χ2n) is 7.94. The predicted molar refractivity (Wildman–Crippen MR) is 111 cm³/mol. The van der Waals surface area contributed by atoms with Crippen LogP contribution in [0.25, 0.3) is 10.6 Å². The lowest BCUT2D eigenvalue weighted by Crippen LogP contribution is -2.47. The highest BCUT2D eigenvalue weighted by atomic mass is 32.1. The number of aromatic nitrogens is 1. The third-order valence-corrected chi connectivity index (χ3v) is 6.87. The van der Waals surface area contributed by atoms with E-state index in [9.17, 15) is 14.0 Å². The number of amides is 2. The number of nitrogens with one attached hydrogen (secondary N) is 1. The highest BCUT2D eigenvalue weighted by molar-refractivity contribution is 7.16. The molecule has 1 saturated heterocycles. The number of carbonyl (C=O) groups excluding carboxylic acids is 2. The second kappa shape index (κ2) is 9.03. The fourth-order valence-electron chi connectivity index (χ4n) is 4.23. The van der Waals surface area contributed by atoms with Gasteiger partial charge in [-0.05, 0) is 37.8 Å². The molecule has 1 aromatic heterocycles. The molecule has 1 aliphatic heterocycles. The van der Waals surface area contributed by atoms with Gasteiger partial charge in [0.1, 0.15) is 15.7 Å². The SMILES string of the molecule is O=C(NC1CCCCC1)C1CCCN(C(=O)c2cnc(-c3ccccc3F)s2)C1. The molecule has 2 fully saturated rings. The average molecular weight is 416 g/mol. The number of rotatable bonds is 4. The minimum absolute atomic E-state index is 0.0748. The summed E-state index contributed by atoms with van der Waals surface area (Å²) in [4.78, 5) is 32.1. The van der Waals surface area contributed by atoms with Gasteiger partial charge in [-0.15, -0.1) is 11.3 Å². The minimum atomic E-state index is -0.349. The lowest BCUT2D eigenvalue weighted by Gasteiger charge is -2.33. The van der Waals surface area contributed by atoms with Crippen LogP contribution in [-0.4, -0.2) is 40.8 Å². The van der Waals surface area contributed by atoms with Crippen LogP contribution in [-0.2, 0) is 4.79 Å². The molecule has 1 aliphatic carbocycles. The number of benzene rings is 1. The smallest absolute Gasteiger partial charge is 0.265 e. The minimum Gasteiger partial charge on any atom is -0.353 e. The number of hydrogen-bond acceptors (Lipinski definition) is 4. The van der Waals surface area contributed by atoms with Crippen LogP contribution < -0.4 is 5.32 Å². The topological polar surface area (TPSA) is 62.3 Å². The maximum absolute atomic E-state index is 14.0. The number of carbonyl (C=O) groups is 2. The lowest BCUT2D eigenvalue weighted by atomic mass is 9.93. The highest BCUT2D eigenvalue weighted by Crippen LogP contribution is 2.29. The Labute approximate surface area is 174 Å². The first-order valence-corrected chi connectivity index (χ1v) is 11.2. The molecule has 1 saturated carbocycles. The molecule has 4 rings (SSSR count). The summed E-state index contributed by atoms with van der Waals surface area (Å²) >= 11 is 1.20. The van der Waals surface area contributed by atoms with Crippen LogP contribution in [0.5, 0.6) is 0 Å². The molecule has 0 spiro atoms. The Kier molecular flexibility index (Phi) is 6.23. The van der Waals surface area contributed by atoms with E-state index < -0.39 is 0 Å². The average Bonchev–Trinajstić information content (AvgIpc) is 3.24. The van der Waals surface area contributed by atoms with Gasteiger partial charge in [0.15, 0.2) is 0 Å². The van der Waals surface area contributed by atoms with Gasteiger partial charge in [-0.2, -0.15) is 0 Å². The van der Waals surface area contributed by atoms with Crippen molar-refractivity contribution in [3.05, 3.63) is 41.2 Å². The van der Waals surface area contributed by atoms with Crippen molar-refractivity contribution >= 4 is 23.2 Å². The van der Waals surface area contributed by atoms with Crippen molar-refractivity contribution < 1.29 is 14.0 Å². The Morgan fingerprint density at radius 3 is 2.69 bits per heavy atom. The van der Waals surface area contributed by atoms with Gasteiger partial charge < -0.3 is 10.2 Å². The molecular weight excluding hydrogens is 389 g/mol. The highest BCUT2D eigenvalue weighted by Gasteiger charge is 2.31. The van der Waals surface area contributed by atoms with Crippen molar-refractivity contribution in [2.75, 3.05) is 13.1 Å². The third-order valence-electron chi connectivity index (χ3n) is 5.85. The molecule has 2 amide bonds. The molecule has 1 N–H and O–H groups in total. The number of nitrogens with zero attached hydrogens (tertiary/aromatic N) is 2. The maximum atomic E-state index is 14.0. The summed E-state index contributed by atoms with van der Waals surface area (Å²) in [5, 5.41) is 3.69. The zero-order chi connectivity index (χ0) is 20.2. The molecule has 1 unspecified atom stereocenters. The predicted octanol–water partition coefficient (Wildman–Crippen LogP) is 4.25. The third kappa shape index (κ3) is 4.66. The van der Waals surface area contributed by atoms with Crippen LogP contribution >= 0.6 is 11.3 Å². The first-order chi connectivity index (χ1) is 14.1. The summed E-state index contributed by atoms with van der Waals surface area (Å²) in [6.07, 6.45) is 8.86. The number of likely N-dealkylation sites (tertiary alicyclic amines) is 1. The summed E-state index contributed by atoms with van der Waals surface area (Å²) < 4.78 is 14.0. The van der Waals surface area contributed by atoms with Gasteiger partial charge in [-0.1, -0.05) is 31.4 Å². The van der Waals surface area contributed by atoms with Crippen molar-refractivity contribution in [2.45, 2.75) is 51.0 Å². The van der Waals surface area contributed by atoms with Crippen LogP contribution in [0.15, 0.2) is 30.5 Å². The molecular formula is C22H26FN3O2S. The number of hydrogen-bond donors (Lipinski definition) is 1. The Balaban J connectivity index is 1.40. The maximum Gasteiger partial charge on any atom is 0.265 e. The van der Waals surface area contributed by atoms with Crippen molar-refractivity contribution in [2.24, 2.45) is 5.92 Å². The number of piperidine rings is 1. The van der Waals surface area contributed by atoms with E-state index in [1.54, 1.807) is 23.1 Å². The van der Waals surface area contributed by atoms with Gasteiger partial charge in [0.2, 0.25) is 5.91 Å². The van der Waals surface area contributed by atoms with E-state index in [2.05, 4.69) is 10.3 Å². The van der Waals surface area contributed by atoms with Crippen molar-refractivity contribution in [1.29, 1.82) is 0 Å². The lowest BCUT2D eigenvalue weighted by molar-refractivity contribution is -0.127. The van der Waals surface area contributed by atoms with Crippen LogP contribution in [0.2, 0.25) is 0 Å². The van der Waals surface area contributed by atoms with E-state index in [1.807, 2.05) is 0 Å². The molecule has 1 aromatic carbocycles. The molecule has 2 aliphatic rings. The fraction of sp³-hybridized carbons (Fsp3) is 0.500. The van der Waals surface area contributed by atoms with E-state index in [1.165, 1.54) is 42.9 Å². The van der Waals surface area contributed by atoms with Crippen molar-refractivity contribution in [1.82, 2.24) is 15.2 Å². The van der Waals surface area contributed by atoms with Gasteiger partial charge in [0.05, 0.1) is 12.1 Å². The summed E-state index contributed by atoms with van der Waals surface area (Å²) in [5.74, 6) is -0.558. The molecule has 5 nitrogen and oxygen atoms in total. The molecule has 0 radical (unpaired) electrons. The largest absolute Gasteiger partial charge is 0.353 e. The molecule has 7 heteroatoms. The summed E-state index contributed by atoms with van der Waals surface area (Å²) in [5.41, 5.74) is 0.403. The Hall–Kier alpha value is -2.28. The van der Waals surface area contributed by atoms with Gasteiger partial charge in [-0.25, -0.2) is 9.37 Å². The molecule has 2 aromatic rings. The van der Waals surface area contributed by atoms with E-state index in [0.29, 0.717) is 28.5 Å². The molecule has 154 valence electrons. The van der Waals surface area contributed by atoms with E-state index in [0.717, 1.165) is 25.7 Å². The molecule has 1 atom stereocenters. The zero-order valence-electron chi connectivity index (χ0n) is 16.4. The van der Waals surface area contributed by atoms with Crippen molar-refractivity contribution in [3.8, 4) is 10.6 Å². The normalized spacial score (nSPS) is 20.4. The summed E-state index contributed by atoms with van der Waals surface area (Å²) in [6.45, 7) is 1.07. The quantitative estimate of drug-likeness (QED) is 0.812. The van der Waals surface area contributed by atoms with Crippen LogP contribution in [0.4, 0.5) is 4.39 Å². The first kappa shape index (κ1) is 20.0. The van der Waals surface area contributed by atoms with E-state index in [-0.39, 0.29) is 29.6 Å². The van der Waals surface area contributed by atoms with Gasteiger partial charge in [-0.3, -0.25) is 9.59 Å². The summed E-state index contributed by atoms with van der Waals surface area (Å²) in [6, 6.07) is 6.71. The standard InChI is InChI=1S/C22H26FN3O2S/c23-18-11-5-4-10-17(18)21-24-13-19(29-21)22(28)26-12-6-7-15(14-26)20(27)25-16-8-2-1-3-9-16/h4-5,10-11,13,15-16H,1-3,6-9,12,14H2,(H,25,27). The Morgan fingerprint density at radius 1 is 1.10 bits per heavy atom. The van der Waals surface area contributed by atoms with Gasteiger partial charge in [0, 0.05) is 24.7 Å². The number of thiazole rings is 1. The fourth-order valence-corrected chi connectivity index (χ4v) is 5.14. The number of halogens is 1. The van der Waals surface area contributed by atoms with Crippen LogP contribution in [0.3, 0.4) is 0 Å². The Bertz CT molecular complexity index is 878.